The van der Waals surface area contributed by atoms with Crippen molar-refractivity contribution in [2.24, 2.45) is 29.4 Å². The lowest BCUT2D eigenvalue weighted by Crippen LogP contribution is -2.42. The molecule has 2 rings (SSSR count). The molecular weight excluding hydrogens is 518 g/mol. The van der Waals surface area contributed by atoms with Crippen molar-refractivity contribution in [1.82, 2.24) is 5.32 Å². The molecule has 0 spiro atoms. The smallest absolute Gasteiger partial charge is 0.223 e. The van der Waals surface area contributed by atoms with Crippen molar-refractivity contribution in [3.63, 3.8) is 0 Å². The maximum Gasteiger partial charge on any atom is 0.223 e. The van der Waals surface area contributed by atoms with E-state index in [9.17, 15) is 9.90 Å². The van der Waals surface area contributed by atoms with E-state index in [1.54, 1.807) is 26.4 Å². The van der Waals surface area contributed by atoms with Gasteiger partial charge in [-0.1, -0.05) is 45.9 Å². The molecule has 0 unspecified atom stereocenters. The summed E-state index contributed by atoms with van der Waals surface area (Å²) in [5.74, 6) is 1.55. The molecule has 41 heavy (non-hydrogen) atoms. The number of rotatable bonds is 18. The van der Waals surface area contributed by atoms with Gasteiger partial charge < -0.3 is 30.4 Å². The van der Waals surface area contributed by atoms with Crippen molar-refractivity contribution in [2.75, 3.05) is 27.4 Å². The zero-order valence-electron chi connectivity index (χ0n) is 25.6. The van der Waals surface area contributed by atoms with Crippen molar-refractivity contribution in [3.05, 3.63) is 59.2 Å². The Morgan fingerprint density at radius 2 is 1.66 bits per heavy atom. The highest BCUT2D eigenvalue weighted by molar-refractivity contribution is 5.78. The minimum absolute atomic E-state index is 0.0420. The molecule has 8 nitrogen and oxygen atoms in total. The average Bonchev–Trinajstić information content (AvgIpc) is 2.96. The molecular formula is C33H49N3O5. The van der Waals surface area contributed by atoms with Crippen molar-refractivity contribution < 1.29 is 24.1 Å². The molecule has 0 aliphatic carbocycles. The summed E-state index contributed by atoms with van der Waals surface area (Å²) in [6.45, 7) is 9.85. The Labute approximate surface area is 246 Å². The molecule has 0 bridgehead atoms. The summed E-state index contributed by atoms with van der Waals surface area (Å²) in [5, 5.41) is 23.1. The van der Waals surface area contributed by atoms with Gasteiger partial charge in [0.1, 0.15) is 0 Å². The maximum absolute atomic E-state index is 13.1. The van der Waals surface area contributed by atoms with Crippen LogP contribution in [0.4, 0.5) is 0 Å². The number of hydrogen-bond acceptors (Lipinski definition) is 7. The van der Waals surface area contributed by atoms with Gasteiger partial charge in [-0.3, -0.25) is 4.79 Å². The molecule has 8 heteroatoms. The average molecular weight is 568 g/mol. The van der Waals surface area contributed by atoms with Crippen LogP contribution < -0.4 is 20.5 Å². The van der Waals surface area contributed by atoms with Crippen LogP contribution in [-0.4, -0.2) is 50.6 Å². The van der Waals surface area contributed by atoms with Crippen LogP contribution in [0.25, 0.3) is 0 Å². The zero-order chi connectivity index (χ0) is 30.4. The Morgan fingerprint density at radius 3 is 2.24 bits per heavy atom. The molecule has 0 saturated heterocycles. The van der Waals surface area contributed by atoms with Crippen LogP contribution in [0.5, 0.6) is 11.5 Å². The number of amides is 1. The summed E-state index contributed by atoms with van der Waals surface area (Å²) in [4.78, 5) is 13.1. The normalized spacial score (nSPS) is 14.3. The third-order valence-corrected chi connectivity index (χ3v) is 7.67. The second kappa shape index (κ2) is 17.6. The monoisotopic (exact) mass is 567 g/mol. The molecule has 0 aliphatic rings. The highest BCUT2D eigenvalue weighted by atomic mass is 16.5. The first-order valence-electron chi connectivity index (χ1n) is 14.6. The number of nitriles is 1. The molecule has 1 amide bonds. The SMILES string of the molecule is COCCCOc1cc(C[C@@H](C[C@H](N)[C@@H](O)C[C@H](C(=O)NCc2ccc(C#N)cc2)C(C)C)C(C)C)ccc1OC. The number of nitrogens with one attached hydrogen (secondary N) is 1. The van der Waals surface area contributed by atoms with E-state index in [1.165, 1.54) is 0 Å². The molecule has 0 aliphatic heterocycles. The van der Waals surface area contributed by atoms with E-state index in [0.29, 0.717) is 55.6 Å². The number of hydrogen-bond donors (Lipinski definition) is 3. The molecule has 0 fully saturated rings. The topological polar surface area (TPSA) is 127 Å². The van der Waals surface area contributed by atoms with Gasteiger partial charge in [0.05, 0.1) is 31.5 Å². The summed E-state index contributed by atoms with van der Waals surface area (Å²) >= 11 is 0. The van der Waals surface area contributed by atoms with Crippen molar-refractivity contribution in [2.45, 2.75) is 72.1 Å². The number of benzene rings is 2. The summed E-state index contributed by atoms with van der Waals surface area (Å²) in [6, 6.07) is 14.8. The van der Waals surface area contributed by atoms with Crippen LogP contribution in [0.2, 0.25) is 0 Å². The van der Waals surface area contributed by atoms with Gasteiger partial charge in [0, 0.05) is 38.6 Å². The Kier molecular flexibility index (Phi) is 14.7. The number of carbonyl (C=O) groups is 1. The van der Waals surface area contributed by atoms with Crippen molar-refractivity contribution in [1.29, 1.82) is 5.26 Å². The third kappa shape index (κ3) is 11.3. The van der Waals surface area contributed by atoms with Gasteiger partial charge in [0.25, 0.3) is 0 Å². The number of nitrogens with zero attached hydrogens (tertiary/aromatic N) is 1. The summed E-state index contributed by atoms with van der Waals surface area (Å²) in [7, 11) is 3.30. The minimum Gasteiger partial charge on any atom is -0.493 e. The lowest BCUT2D eigenvalue weighted by Gasteiger charge is -2.30. The molecule has 2 aromatic carbocycles. The highest BCUT2D eigenvalue weighted by Gasteiger charge is 2.29. The van der Waals surface area contributed by atoms with E-state index in [2.05, 4.69) is 25.2 Å². The van der Waals surface area contributed by atoms with Gasteiger partial charge in [-0.25, -0.2) is 0 Å². The lowest BCUT2D eigenvalue weighted by atomic mass is 9.81. The number of carbonyl (C=O) groups excluding carboxylic acids is 1. The lowest BCUT2D eigenvalue weighted by molar-refractivity contribution is -0.127. The predicted octanol–water partition coefficient (Wildman–Crippen LogP) is 4.85. The predicted molar refractivity (Wildman–Crippen MR) is 162 cm³/mol. The van der Waals surface area contributed by atoms with Gasteiger partial charge >= 0.3 is 0 Å². The van der Waals surface area contributed by atoms with Crippen LogP contribution in [0.15, 0.2) is 42.5 Å². The van der Waals surface area contributed by atoms with Crippen LogP contribution >= 0.6 is 0 Å². The Morgan fingerprint density at radius 1 is 0.976 bits per heavy atom. The fourth-order valence-electron chi connectivity index (χ4n) is 4.88. The van der Waals surface area contributed by atoms with Crippen LogP contribution in [0.1, 0.15) is 63.6 Å². The fourth-order valence-corrected chi connectivity index (χ4v) is 4.88. The Hall–Kier alpha value is -3.12. The summed E-state index contributed by atoms with van der Waals surface area (Å²) < 4.78 is 16.5. The van der Waals surface area contributed by atoms with E-state index < -0.39 is 12.1 Å². The number of nitrogens with two attached hydrogens (primary N) is 1. The Bertz CT molecular complexity index is 1100. The molecule has 2 aromatic rings. The molecule has 0 aromatic heterocycles. The summed E-state index contributed by atoms with van der Waals surface area (Å²) in [6.07, 6.45) is 1.70. The van der Waals surface area contributed by atoms with Gasteiger partial charge in [0.15, 0.2) is 11.5 Å². The quantitative estimate of drug-likeness (QED) is 0.220. The first-order chi connectivity index (χ1) is 19.6. The first-order valence-corrected chi connectivity index (χ1v) is 14.6. The van der Waals surface area contributed by atoms with E-state index in [4.69, 9.17) is 25.2 Å². The van der Waals surface area contributed by atoms with Crippen LogP contribution in [-0.2, 0) is 22.5 Å². The van der Waals surface area contributed by atoms with E-state index in [0.717, 1.165) is 24.0 Å². The van der Waals surface area contributed by atoms with Gasteiger partial charge in [-0.05, 0) is 72.4 Å². The first kappa shape index (κ1) is 34.1. The minimum atomic E-state index is -0.806. The van der Waals surface area contributed by atoms with Crippen LogP contribution in [0.3, 0.4) is 0 Å². The van der Waals surface area contributed by atoms with Crippen molar-refractivity contribution >= 4 is 5.91 Å². The van der Waals surface area contributed by atoms with E-state index in [-0.39, 0.29) is 23.7 Å². The molecule has 4 N–H and O–H groups in total. The molecule has 0 radical (unpaired) electrons. The fraction of sp³-hybridized carbons (Fsp3) is 0.576. The van der Waals surface area contributed by atoms with Crippen LogP contribution in [0, 0.1) is 35.0 Å². The molecule has 226 valence electrons. The van der Waals surface area contributed by atoms with Gasteiger partial charge in [0.2, 0.25) is 5.91 Å². The molecule has 0 heterocycles. The zero-order valence-corrected chi connectivity index (χ0v) is 25.6. The Balaban J connectivity index is 2.00. The largest absolute Gasteiger partial charge is 0.493 e. The number of ether oxygens (including phenoxy) is 3. The third-order valence-electron chi connectivity index (χ3n) is 7.67. The standard InChI is InChI=1S/C33H49N3O5/c1-22(2)27(16-26-12-13-31(40-6)32(17-26)41-15-7-14-39-5)18-29(35)30(37)19-28(23(3)4)33(38)36-21-25-10-8-24(20-34)9-11-25/h8-13,17,22-23,27-30,37H,7,14-16,18-19,21,35H2,1-6H3,(H,36,38)/t27-,28-,29-,30-/m0/s1. The second-order valence-corrected chi connectivity index (χ2v) is 11.5. The van der Waals surface area contributed by atoms with E-state index in [1.807, 2.05) is 44.2 Å². The molecule has 0 saturated carbocycles. The molecule has 4 atom stereocenters. The van der Waals surface area contributed by atoms with Gasteiger partial charge in [-0.15, -0.1) is 0 Å². The van der Waals surface area contributed by atoms with E-state index >= 15 is 0 Å². The van der Waals surface area contributed by atoms with Crippen molar-refractivity contribution in [3.8, 4) is 17.6 Å². The highest BCUT2D eigenvalue weighted by Crippen LogP contribution is 2.31. The number of methoxy groups -OCH3 is 2. The summed E-state index contributed by atoms with van der Waals surface area (Å²) in [5.41, 5.74) is 9.17. The maximum atomic E-state index is 13.1. The second-order valence-electron chi connectivity index (χ2n) is 11.5. The number of aliphatic hydroxyl groups is 1. The number of aliphatic hydroxyl groups excluding tert-OH is 1. The van der Waals surface area contributed by atoms with Gasteiger partial charge in [-0.2, -0.15) is 5.26 Å².